The number of ether oxygens (including phenoxy) is 1. The lowest BCUT2D eigenvalue weighted by Gasteiger charge is -2.20. The van der Waals surface area contributed by atoms with E-state index in [0.29, 0.717) is 23.8 Å². The van der Waals surface area contributed by atoms with Crippen molar-refractivity contribution in [1.82, 2.24) is 19.2 Å². The second-order valence-electron chi connectivity index (χ2n) is 6.67. The first-order valence-corrected chi connectivity index (χ1v) is 8.72. The Bertz CT molecular complexity index is 967. The summed E-state index contributed by atoms with van der Waals surface area (Å²) in [6.45, 7) is 5.95. The van der Waals surface area contributed by atoms with E-state index < -0.39 is 0 Å². The zero-order valence-corrected chi connectivity index (χ0v) is 14.6. The van der Waals surface area contributed by atoms with Crippen molar-refractivity contribution in [3.8, 4) is 0 Å². The minimum atomic E-state index is -0.0402. The van der Waals surface area contributed by atoms with Crippen molar-refractivity contribution in [3.05, 3.63) is 63.6 Å². The van der Waals surface area contributed by atoms with Crippen LogP contribution in [0, 0.1) is 13.8 Å². The van der Waals surface area contributed by atoms with Crippen molar-refractivity contribution in [2.24, 2.45) is 0 Å². The van der Waals surface area contributed by atoms with E-state index in [9.17, 15) is 4.79 Å². The van der Waals surface area contributed by atoms with Crippen molar-refractivity contribution in [2.75, 3.05) is 13.2 Å². The molecule has 4 rings (SSSR count). The summed E-state index contributed by atoms with van der Waals surface area (Å²) < 4.78 is 8.90. The fourth-order valence-corrected chi connectivity index (χ4v) is 3.47. The summed E-state index contributed by atoms with van der Waals surface area (Å²) in [5, 5.41) is 4.67. The van der Waals surface area contributed by atoms with Gasteiger partial charge in [-0.25, -0.2) is 9.50 Å². The van der Waals surface area contributed by atoms with Crippen LogP contribution in [-0.4, -0.2) is 32.4 Å². The Balaban J connectivity index is 1.78. The molecule has 1 aliphatic rings. The lowest BCUT2D eigenvalue weighted by atomic mass is 10.00. The van der Waals surface area contributed by atoms with E-state index in [1.807, 2.05) is 19.1 Å². The molecule has 0 saturated carbocycles. The van der Waals surface area contributed by atoms with Crippen LogP contribution in [0.5, 0.6) is 0 Å². The van der Waals surface area contributed by atoms with Gasteiger partial charge in [-0.05, 0) is 37.8 Å². The third kappa shape index (κ3) is 2.87. The molecule has 1 aliphatic heterocycles. The van der Waals surface area contributed by atoms with Crippen LogP contribution in [-0.2, 0) is 11.3 Å². The average Bonchev–Trinajstić information content (AvgIpc) is 3.04. The number of aromatic nitrogens is 4. The second kappa shape index (κ2) is 6.44. The van der Waals surface area contributed by atoms with Crippen LogP contribution in [0.25, 0.3) is 5.52 Å². The third-order valence-corrected chi connectivity index (χ3v) is 5.04. The molecule has 1 saturated heterocycles. The maximum absolute atomic E-state index is 13.0. The predicted molar refractivity (Wildman–Crippen MR) is 95.1 cm³/mol. The molecular weight excluding hydrogens is 316 g/mol. The van der Waals surface area contributed by atoms with Crippen LogP contribution < -0.4 is 5.56 Å². The Morgan fingerprint density at radius 1 is 1.20 bits per heavy atom. The summed E-state index contributed by atoms with van der Waals surface area (Å²) in [7, 11) is 0. The first kappa shape index (κ1) is 16.0. The molecule has 130 valence electrons. The van der Waals surface area contributed by atoms with Crippen molar-refractivity contribution < 1.29 is 4.74 Å². The van der Waals surface area contributed by atoms with Crippen LogP contribution in [0.15, 0.2) is 35.3 Å². The van der Waals surface area contributed by atoms with Gasteiger partial charge >= 0.3 is 0 Å². The number of nitrogens with zero attached hydrogens (tertiary/aromatic N) is 4. The van der Waals surface area contributed by atoms with Crippen LogP contribution in [0.2, 0.25) is 0 Å². The molecule has 25 heavy (non-hydrogen) atoms. The van der Waals surface area contributed by atoms with Crippen molar-refractivity contribution >= 4 is 5.52 Å². The minimum Gasteiger partial charge on any atom is -0.381 e. The maximum Gasteiger partial charge on any atom is 0.279 e. The first-order chi connectivity index (χ1) is 12.1. The maximum atomic E-state index is 13.0. The van der Waals surface area contributed by atoms with Crippen molar-refractivity contribution in [2.45, 2.75) is 39.2 Å². The van der Waals surface area contributed by atoms with Gasteiger partial charge in [0.05, 0.1) is 12.7 Å². The summed E-state index contributed by atoms with van der Waals surface area (Å²) in [5.74, 6) is 1.88. The van der Waals surface area contributed by atoms with Gasteiger partial charge in [-0.3, -0.25) is 9.36 Å². The molecule has 3 heterocycles. The van der Waals surface area contributed by atoms with Gasteiger partial charge in [0.15, 0.2) is 5.52 Å². The summed E-state index contributed by atoms with van der Waals surface area (Å²) in [5.41, 5.74) is 2.80. The fourth-order valence-electron chi connectivity index (χ4n) is 3.47. The van der Waals surface area contributed by atoms with Gasteiger partial charge in [0.25, 0.3) is 5.56 Å². The first-order valence-electron chi connectivity index (χ1n) is 8.72. The van der Waals surface area contributed by atoms with Gasteiger partial charge in [-0.2, -0.15) is 5.10 Å². The van der Waals surface area contributed by atoms with E-state index >= 15 is 0 Å². The van der Waals surface area contributed by atoms with Gasteiger partial charge in [0, 0.05) is 19.1 Å². The second-order valence-corrected chi connectivity index (χ2v) is 6.67. The zero-order valence-electron chi connectivity index (χ0n) is 14.6. The van der Waals surface area contributed by atoms with Crippen LogP contribution in [0.4, 0.5) is 0 Å². The molecule has 0 aliphatic carbocycles. The lowest BCUT2D eigenvalue weighted by molar-refractivity contribution is 0.0832. The van der Waals surface area contributed by atoms with Gasteiger partial charge in [0.2, 0.25) is 0 Å². The molecule has 6 nitrogen and oxygen atoms in total. The van der Waals surface area contributed by atoms with Gasteiger partial charge < -0.3 is 4.74 Å². The molecule has 2 aromatic heterocycles. The predicted octanol–water partition coefficient (Wildman–Crippen LogP) is 2.45. The molecule has 0 unspecified atom stereocenters. The molecule has 3 aromatic rings. The monoisotopic (exact) mass is 338 g/mol. The lowest BCUT2D eigenvalue weighted by Crippen LogP contribution is -2.28. The van der Waals surface area contributed by atoms with Crippen molar-refractivity contribution in [1.29, 1.82) is 0 Å². The SMILES string of the molecule is Cc1ccccc1Cn1c(C)nn2c(C3CCOCC3)ncc2c1=O. The van der Waals surface area contributed by atoms with Gasteiger partial charge in [-0.1, -0.05) is 24.3 Å². The highest BCUT2D eigenvalue weighted by atomic mass is 16.5. The molecule has 0 radical (unpaired) electrons. The standard InChI is InChI=1S/C19H22N4O2/c1-13-5-3-4-6-16(13)12-22-14(2)21-23-17(19(22)24)11-20-18(23)15-7-9-25-10-8-15/h3-6,11,15H,7-10,12H2,1-2H3. The number of aryl methyl sites for hydroxylation is 2. The molecule has 0 bridgehead atoms. The Morgan fingerprint density at radius 3 is 2.72 bits per heavy atom. The molecule has 0 spiro atoms. The molecule has 0 N–H and O–H groups in total. The highest BCUT2D eigenvalue weighted by Gasteiger charge is 2.22. The van der Waals surface area contributed by atoms with E-state index in [2.05, 4.69) is 29.1 Å². The van der Waals surface area contributed by atoms with E-state index in [-0.39, 0.29) is 5.56 Å². The quantitative estimate of drug-likeness (QED) is 0.736. The van der Waals surface area contributed by atoms with E-state index in [0.717, 1.165) is 37.4 Å². The average molecular weight is 338 g/mol. The fraction of sp³-hybridized carbons (Fsp3) is 0.421. The van der Waals surface area contributed by atoms with Gasteiger partial charge in [0.1, 0.15) is 11.6 Å². The number of imidazole rings is 1. The summed E-state index contributed by atoms with van der Waals surface area (Å²) in [4.78, 5) is 17.5. The van der Waals surface area contributed by atoms with Crippen LogP contribution in [0.3, 0.4) is 0 Å². The van der Waals surface area contributed by atoms with Gasteiger partial charge in [-0.15, -0.1) is 0 Å². The Hall–Kier alpha value is -2.47. The summed E-state index contributed by atoms with van der Waals surface area (Å²) in [6.07, 6.45) is 3.51. The smallest absolute Gasteiger partial charge is 0.279 e. The Kier molecular flexibility index (Phi) is 4.13. The number of benzene rings is 1. The minimum absolute atomic E-state index is 0.0402. The molecule has 0 atom stereocenters. The molecule has 1 fully saturated rings. The van der Waals surface area contributed by atoms with E-state index in [1.165, 1.54) is 5.56 Å². The number of hydrogen-bond acceptors (Lipinski definition) is 4. The Morgan fingerprint density at radius 2 is 1.96 bits per heavy atom. The zero-order chi connectivity index (χ0) is 17.4. The van der Waals surface area contributed by atoms with Crippen molar-refractivity contribution in [3.63, 3.8) is 0 Å². The summed E-state index contributed by atoms with van der Waals surface area (Å²) in [6, 6.07) is 8.11. The molecule has 1 aromatic carbocycles. The Labute approximate surface area is 146 Å². The largest absolute Gasteiger partial charge is 0.381 e. The summed E-state index contributed by atoms with van der Waals surface area (Å²) >= 11 is 0. The van der Waals surface area contributed by atoms with Crippen LogP contribution >= 0.6 is 0 Å². The molecule has 6 heteroatoms. The topological polar surface area (TPSA) is 61.4 Å². The van der Waals surface area contributed by atoms with Crippen LogP contribution in [0.1, 0.15) is 41.5 Å². The number of rotatable bonds is 3. The highest BCUT2D eigenvalue weighted by molar-refractivity contribution is 5.43. The number of fused-ring (bicyclic) bond motifs is 1. The highest BCUT2D eigenvalue weighted by Crippen LogP contribution is 2.25. The van der Waals surface area contributed by atoms with E-state index in [4.69, 9.17) is 4.74 Å². The number of hydrogen-bond donors (Lipinski definition) is 0. The van der Waals surface area contributed by atoms with E-state index in [1.54, 1.807) is 15.3 Å². The molecule has 0 amide bonds. The third-order valence-electron chi connectivity index (χ3n) is 5.04. The normalized spacial score (nSPS) is 15.8. The molecular formula is C19H22N4O2.